The molecule has 18 heavy (non-hydrogen) atoms. The maximum absolute atomic E-state index is 11.8. The summed E-state index contributed by atoms with van der Waals surface area (Å²) in [4.78, 5) is 13.7. The molecule has 0 saturated carbocycles. The van der Waals surface area contributed by atoms with Gasteiger partial charge in [-0.05, 0) is 31.0 Å². The molecule has 1 aliphatic rings. The first-order valence-electron chi connectivity index (χ1n) is 5.95. The zero-order chi connectivity index (χ0) is 12.1. The van der Waals surface area contributed by atoms with Crippen LogP contribution in [0.1, 0.15) is 6.42 Å². The molecule has 2 N–H and O–H groups in total. The lowest BCUT2D eigenvalue weighted by Crippen LogP contribution is -2.33. The summed E-state index contributed by atoms with van der Waals surface area (Å²) < 4.78 is 5.43. The largest absolute Gasteiger partial charge is 0.484 e. The van der Waals surface area contributed by atoms with Crippen molar-refractivity contribution in [2.75, 3.05) is 26.2 Å². The molecule has 0 spiro atoms. The van der Waals surface area contributed by atoms with Crippen molar-refractivity contribution in [3.8, 4) is 5.75 Å². The van der Waals surface area contributed by atoms with Crippen molar-refractivity contribution in [1.82, 2.24) is 4.90 Å². The fourth-order valence-electron chi connectivity index (χ4n) is 2.00. The van der Waals surface area contributed by atoms with E-state index in [1.54, 1.807) is 0 Å². The molecule has 1 atom stereocenters. The highest BCUT2D eigenvalue weighted by Crippen LogP contribution is 2.15. The second kappa shape index (κ2) is 7.24. The zero-order valence-corrected chi connectivity index (χ0v) is 11.1. The van der Waals surface area contributed by atoms with Gasteiger partial charge in [-0.25, -0.2) is 0 Å². The van der Waals surface area contributed by atoms with Crippen molar-refractivity contribution in [2.45, 2.75) is 6.42 Å². The minimum Gasteiger partial charge on any atom is -0.484 e. The van der Waals surface area contributed by atoms with Gasteiger partial charge >= 0.3 is 0 Å². The first kappa shape index (κ1) is 14.8. The Labute approximate surface area is 114 Å². The van der Waals surface area contributed by atoms with Crippen molar-refractivity contribution in [2.24, 2.45) is 11.7 Å². The normalized spacial score (nSPS) is 18.3. The van der Waals surface area contributed by atoms with Crippen LogP contribution >= 0.6 is 12.4 Å². The van der Waals surface area contributed by atoms with Crippen molar-refractivity contribution >= 4 is 18.3 Å². The Morgan fingerprint density at radius 3 is 2.72 bits per heavy atom. The molecular formula is C13H19ClN2O2. The number of para-hydroxylation sites is 1. The number of hydrogen-bond donors (Lipinski definition) is 1. The summed E-state index contributed by atoms with van der Waals surface area (Å²) in [5.41, 5.74) is 5.59. The molecular weight excluding hydrogens is 252 g/mol. The van der Waals surface area contributed by atoms with E-state index in [0.717, 1.165) is 25.3 Å². The van der Waals surface area contributed by atoms with Gasteiger partial charge in [0.05, 0.1) is 0 Å². The first-order valence-corrected chi connectivity index (χ1v) is 5.95. The third-order valence-electron chi connectivity index (χ3n) is 3.08. The van der Waals surface area contributed by atoms with Gasteiger partial charge in [-0.1, -0.05) is 18.2 Å². The van der Waals surface area contributed by atoms with E-state index in [4.69, 9.17) is 10.5 Å². The van der Waals surface area contributed by atoms with Crippen molar-refractivity contribution in [3.63, 3.8) is 0 Å². The predicted octanol–water partition coefficient (Wildman–Crippen LogP) is 1.29. The van der Waals surface area contributed by atoms with E-state index in [1.807, 2.05) is 35.2 Å². The fraction of sp³-hybridized carbons (Fsp3) is 0.462. The van der Waals surface area contributed by atoms with Crippen LogP contribution in [-0.4, -0.2) is 37.0 Å². The van der Waals surface area contributed by atoms with Crippen molar-refractivity contribution in [3.05, 3.63) is 30.3 Å². The van der Waals surface area contributed by atoms with Crippen molar-refractivity contribution < 1.29 is 9.53 Å². The Balaban J connectivity index is 0.00000162. The van der Waals surface area contributed by atoms with Crippen LogP contribution in [0.25, 0.3) is 0 Å². The molecule has 4 nitrogen and oxygen atoms in total. The molecule has 1 saturated heterocycles. The Hall–Kier alpha value is -1.26. The molecule has 100 valence electrons. The van der Waals surface area contributed by atoms with Gasteiger partial charge in [-0.15, -0.1) is 12.4 Å². The Bertz CT molecular complexity index is 373. The minimum atomic E-state index is 0. The molecule has 5 heteroatoms. The number of benzene rings is 1. The third-order valence-corrected chi connectivity index (χ3v) is 3.08. The van der Waals surface area contributed by atoms with Crippen molar-refractivity contribution in [1.29, 1.82) is 0 Å². The minimum absolute atomic E-state index is 0. The van der Waals surface area contributed by atoms with Crippen LogP contribution in [0.3, 0.4) is 0 Å². The monoisotopic (exact) mass is 270 g/mol. The average Bonchev–Trinajstić information content (AvgIpc) is 2.86. The number of carbonyl (C=O) groups excluding carboxylic acids is 1. The predicted molar refractivity (Wildman–Crippen MR) is 72.9 cm³/mol. The summed E-state index contributed by atoms with van der Waals surface area (Å²) in [6.45, 7) is 2.34. The van der Waals surface area contributed by atoms with Crippen LogP contribution in [0.2, 0.25) is 0 Å². The van der Waals surface area contributed by atoms with E-state index in [0.29, 0.717) is 12.5 Å². The van der Waals surface area contributed by atoms with Gasteiger partial charge in [0.1, 0.15) is 5.75 Å². The quantitative estimate of drug-likeness (QED) is 0.897. The lowest BCUT2D eigenvalue weighted by molar-refractivity contribution is -0.132. The summed E-state index contributed by atoms with van der Waals surface area (Å²) in [5, 5.41) is 0. The van der Waals surface area contributed by atoms with E-state index in [-0.39, 0.29) is 24.9 Å². The molecule has 1 heterocycles. The number of halogens is 1. The Kier molecular flexibility index (Phi) is 5.95. The summed E-state index contributed by atoms with van der Waals surface area (Å²) in [6, 6.07) is 9.39. The smallest absolute Gasteiger partial charge is 0.260 e. The highest BCUT2D eigenvalue weighted by Gasteiger charge is 2.25. The number of nitrogens with two attached hydrogens (primary N) is 1. The number of carbonyl (C=O) groups is 1. The molecule has 1 fully saturated rings. The maximum Gasteiger partial charge on any atom is 0.260 e. The van der Waals surface area contributed by atoms with E-state index in [1.165, 1.54) is 0 Å². The summed E-state index contributed by atoms with van der Waals surface area (Å²) in [6.07, 6.45) is 1.01. The summed E-state index contributed by atoms with van der Waals surface area (Å²) >= 11 is 0. The van der Waals surface area contributed by atoms with Crippen LogP contribution in [0.15, 0.2) is 30.3 Å². The standard InChI is InChI=1S/C13H18N2O2.ClH/c14-8-11-6-7-15(9-11)13(16)10-17-12-4-2-1-3-5-12;/h1-5,11H,6-10,14H2;1H. The molecule has 0 bridgehead atoms. The highest BCUT2D eigenvalue weighted by molar-refractivity contribution is 5.85. The molecule has 0 radical (unpaired) electrons. The van der Waals surface area contributed by atoms with E-state index in [2.05, 4.69) is 0 Å². The van der Waals surface area contributed by atoms with E-state index < -0.39 is 0 Å². The van der Waals surface area contributed by atoms with Crippen LogP contribution < -0.4 is 10.5 Å². The molecule has 1 unspecified atom stereocenters. The van der Waals surface area contributed by atoms with Gasteiger partial charge in [0.25, 0.3) is 5.91 Å². The topological polar surface area (TPSA) is 55.6 Å². The van der Waals surface area contributed by atoms with Gasteiger partial charge in [-0.2, -0.15) is 0 Å². The number of amides is 1. The average molecular weight is 271 g/mol. The molecule has 0 aromatic heterocycles. The number of nitrogens with zero attached hydrogens (tertiary/aromatic N) is 1. The van der Waals surface area contributed by atoms with Crippen LogP contribution in [0.5, 0.6) is 5.75 Å². The lowest BCUT2D eigenvalue weighted by atomic mass is 10.1. The third kappa shape index (κ3) is 3.89. The highest BCUT2D eigenvalue weighted by atomic mass is 35.5. The summed E-state index contributed by atoms with van der Waals surface area (Å²) in [7, 11) is 0. The molecule has 2 rings (SSSR count). The maximum atomic E-state index is 11.8. The van der Waals surface area contributed by atoms with Gasteiger partial charge in [0, 0.05) is 13.1 Å². The van der Waals surface area contributed by atoms with Gasteiger partial charge in [-0.3, -0.25) is 4.79 Å². The molecule has 1 amide bonds. The fourth-order valence-corrected chi connectivity index (χ4v) is 2.00. The summed E-state index contributed by atoms with van der Waals surface area (Å²) in [5.74, 6) is 1.23. The van der Waals surface area contributed by atoms with E-state index in [9.17, 15) is 4.79 Å². The number of rotatable bonds is 4. The second-order valence-corrected chi connectivity index (χ2v) is 4.33. The molecule has 1 aromatic carbocycles. The second-order valence-electron chi connectivity index (χ2n) is 4.33. The Morgan fingerprint density at radius 2 is 2.11 bits per heavy atom. The SMILES string of the molecule is Cl.NCC1CCN(C(=O)COc2ccccc2)C1. The zero-order valence-electron chi connectivity index (χ0n) is 10.2. The molecule has 1 aliphatic heterocycles. The lowest BCUT2D eigenvalue weighted by Gasteiger charge is -2.16. The van der Waals surface area contributed by atoms with Crippen LogP contribution in [-0.2, 0) is 4.79 Å². The first-order chi connectivity index (χ1) is 8.29. The van der Waals surface area contributed by atoms with E-state index >= 15 is 0 Å². The molecule has 1 aromatic rings. The van der Waals surface area contributed by atoms with Crippen LogP contribution in [0, 0.1) is 5.92 Å². The van der Waals surface area contributed by atoms with Gasteiger partial charge in [0.2, 0.25) is 0 Å². The van der Waals surface area contributed by atoms with Gasteiger partial charge < -0.3 is 15.4 Å². The van der Waals surface area contributed by atoms with Gasteiger partial charge in [0.15, 0.2) is 6.61 Å². The Morgan fingerprint density at radius 1 is 1.39 bits per heavy atom. The number of likely N-dealkylation sites (tertiary alicyclic amines) is 1. The molecule has 0 aliphatic carbocycles. The number of hydrogen-bond acceptors (Lipinski definition) is 3. The van der Waals surface area contributed by atoms with Crippen LogP contribution in [0.4, 0.5) is 0 Å². The number of ether oxygens (including phenoxy) is 1.